The highest BCUT2D eigenvalue weighted by atomic mass is 16.6. The van der Waals surface area contributed by atoms with E-state index in [-0.39, 0.29) is 12.2 Å². The highest BCUT2D eigenvalue weighted by Crippen LogP contribution is 2.23. The maximum Gasteiger partial charge on any atom is 0.273 e. The number of nitro benzene ring substituents is 1. The van der Waals surface area contributed by atoms with E-state index in [0.717, 1.165) is 0 Å². The molecule has 98 valence electrons. The molecule has 1 aromatic carbocycles. The number of nitrogen functional groups attached to an aromatic ring is 1. The molecule has 7 N–H and O–H groups in total. The molecule has 9 nitrogen and oxygen atoms in total. The van der Waals surface area contributed by atoms with Crippen LogP contribution in [0.25, 0.3) is 0 Å². The zero-order valence-corrected chi connectivity index (χ0v) is 9.29. The fourth-order valence-electron chi connectivity index (χ4n) is 1.22. The summed E-state index contributed by atoms with van der Waals surface area (Å²) >= 11 is 0. The maximum atomic E-state index is 10.7. The van der Waals surface area contributed by atoms with Crippen molar-refractivity contribution in [1.29, 1.82) is 0 Å². The van der Waals surface area contributed by atoms with Gasteiger partial charge in [-0.3, -0.25) is 20.8 Å². The second-order valence-electron chi connectivity index (χ2n) is 3.47. The molecule has 1 rings (SSSR count). The Kier molecular flexibility index (Phi) is 4.40. The van der Waals surface area contributed by atoms with Gasteiger partial charge in [-0.15, -0.1) is 0 Å². The number of hydrogen-bond acceptors (Lipinski definition) is 7. The highest BCUT2D eigenvalue weighted by Gasteiger charge is 2.13. The van der Waals surface area contributed by atoms with Crippen molar-refractivity contribution in [2.24, 2.45) is 11.6 Å². The average molecular weight is 255 g/mol. The van der Waals surface area contributed by atoms with E-state index >= 15 is 0 Å². The summed E-state index contributed by atoms with van der Waals surface area (Å²) in [5, 5.41) is 22.5. The first-order chi connectivity index (χ1) is 8.43. The zero-order valence-electron chi connectivity index (χ0n) is 9.29. The summed E-state index contributed by atoms with van der Waals surface area (Å²) in [5.41, 5.74) is 7.61. The first-order valence-electron chi connectivity index (χ1n) is 4.91. The van der Waals surface area contributed by atoms with Crippen LogP contribution in [0.15, 0.2) is 18.2 Å². The molecule has 0 bridgehead atoms. The van der Waals surface area contributed by atoms with Crippen LogP contribution in [0.3, 0.4) is 0 Å². The van der Waals surface area contributed by atoms with Gasteiger partial charge in [0.2, 0.25) is 5.91 Å². The monoisotopic (exact) mass is 255 g/mol. The first kappa shape index (κ1) is 13.7. The van der Waals surface area contributed by atoms with Crippen LogP contribution in [0.2, 0.25) is 0 Å². The van der Waals surface area contributed by atoms with E-state index in [0.29, 0.717) is 11.4 Å². The van der Waals surface area contributed by atoms with Gasteiger partial charge in [-0.25, -0.2) is 0 Å². The number of hydrazine groups is 1. The van der Waals surface area contributed by atoms with E-state index in [1.54, 1.807) is 0 Å². The number of hydrogen-bond donors (Lipinski definition) is 5. The predicted octanol–water partition coefficient (Wildman–Crippen LogP) is -0.861. The molecule has 0 saturated carbocycles. The van der Waals surface area contributed by atoms with E-state index < -0.39 is 16.9 Å². The number of aliphatic hydroxyl groups excluding tert-OH is 1. The standard InChI is InChI=1S/C9H13N5O4/c10-9(16)8(15)4-12-5-1-6(13-11)3-7(2-5)14(17)18/h1-3,8,12-13,15H,4,11H2,(H2,10,16). The molecular weight excluding hydrogens is 242 g/mol. The lowest BCUT2D eigenvalue weighted by Gasteiger charge is -2.10. The number of amides is 1. The van der Waals surface area contributed by atoms with Gasteiger partial charge in [0, 0.05) is 24.4 Å². The molecule has 0 aliphatic carbocycles. The summed E-state index contributed by atoms with van der Waals surface area (Å²) in [4.78, 5) is 20.7. The molecule has 0 radical (unpaired) electrons. The first-order valence-corrected chi connectivity index (χ1v) is 4.91. The average Bonchev–Trinajstić information content (AvgIpc) is 2.35. The van der Waals surface area contributed by atoms with E-state index in [9.17, 15) is 20.0 Å². The van der Waals surface area contributed by atoms with Gasteiger partial charge in [0.15, 0.2) is 0 Å². The Morgan fingerprint density at radius 2 is 2.06 bits per heavy atom. The molecule has 1 aromatic rings. The van der Waals surface area contributed by atoms with E-state index in [4.69, 9.17) is 11.6 Å². The number of carbonyl (C=O) groups is 1. The number of non-ortho nitro benzene ring substituents is 1. The molecule has 1 amide bonds. The molecule has 0 saturated heterocycles. The van der Waals surface area contributed by atoms with Gasteiger partial charge in [0.25, 0.3) is 5.69 Å². The predicted molar refractivity (Wildman–Crippen MR) is 64.6 cm³/mol. The van der Waals surface area contributed by atoms with Crippen molar-refractivity contribution in [2.75, 3.05) is 17.3 Å². The fraction of sp³-hybridized carbons (Fsp3) is 0.222. The molecule has 9 heteroatoms. The van der Waals surface area contributed by atoms with Crippen molar-refractivity contribution in [3.63, 3.8) is 0 Å². The maximum absolute atomic E-state index is 10.7. The Morgan fingerprint density at radius 3 is 2.56 bits per heavy atom. The van der Waals surface area contributed by atoms with Crippen LogP contribution in [-0.4, -0.2) is 28.6 Å². The molecule has 0 fully saturated rings. The van der Waals surface area contributed by atoms with Gasteiger partial charge in [0.05, 0.1) is 10.6 Å². The highest BCUT2D eigenvalue weighted by molar-refractivity contribution is 5.79. The second-order valence-corrected chi connectivity index (χ2v) is 3.47. The number of anilines is 2. The fourth-order valence-corrected chi connectivity index (χ4v) is 1.22. The Hall–Kier alpha value is -2.39. The van der Waals surface area contributed by atoms with Crippen molar-refractivity contribution >= 4 is 23.0 Å². The minimum Gasteiger partial charge on any atom is -0.382 e. The number of nitrogens with one attached hydrogen (secondary N) is 2. The Balaban J connectivity index is 2.85. The molecule has 1 atom stereocenters. The van der Waals surface area contributed by atoms with Crippen molar-refractivity contribution in [3.8, 4) is 0 Å². The van der Waals surface area contributed by atoms with Crippen LogP contribution in [0, 0.1) is 10.1 Å². The molecule has 0 aliphatic heterocycles. The Bertz CT molecular complexity index is 464. The summed E-state index contributed by atoms with van der Waals surface area (Å²) < 4.78 is 0. The van der Waals surface area contributed by atoms with Gasteiger partial charge in [-0.1, -0.05) is 0 Å². The molecule has 0 aromatic heterocycles. The number of nitrogens with two attached hydrogens (primary N) is 2. The summed E-state index contributed by atoms with van der Waals surface area (Å²) in [6.07, 6.45) is -1.38. The van der Waals surface area contributed by atoms with Crippen LogP contribution in [0.5, 0.6) is 0 Å². The van der Waals surface area contributed by atoms with Crippen molar-refractivity contribution in [1.82, 2.24) is 0 Å². The summed E-state index contributed by atoms with van der Waals surface area (Å²) in [5.74, 6) is 4.28. The van der Waals surface area contributed by atoms with Gasteiger partial charge < -0.3 is 21.6 Å². The molecular formula is C9H13N5O4. The smallest absolute Gasteiger partial charge is 0.273 e. The lowest BCUT2D eigenvalue weighted by atomic mass is 10.2. The summed E-state index contributed by atoms with van der Waals surface area (Å²) in [6.45, 7) is -0.152. The second kappa shape index (κ2) is 5.80. The van der Waals surface area contributed by atoms with E-state index in [1.165, 1.54) is 18.2 Å². The van der Waals surface area contributed by atoms with Crippen LogP contribution in [0.4, 0.5) is 17.1 Å². The van der Waals surface area contributed by atoms with Crippen LogP contribution in [-0.2, 0) is 4.79 Å². The van der Waals surface area contributed by atoms with Crippen LogP contribution < -0.4 is 22.3 Å². The third-order valence-electron chi connectivity index (χ3n) is 2.12. The number of benzene rings is 1. The van der Waals surface area contributed by atoms with Crippen molar-refractivity contribution < 1.29 is 14.8 Å². The minimum atomic E-state index is -1.38. The largest absolute Gasteiger partial charge is 0.382 e. The lowest BCUT2D eigenvalue weighted by molar-refractivity contribution is -0.384. The summed E-state index contributed by atoms with van der Waals surface area (Å²) in [6, 6.07) is 3.98. The van der Waals surface area contributed by atoms with Crippen molar-refractivity contribution in [2.45, 2.75) is 6.10 Å². The van der Waals surface area contributed by atoms with E-state index in [1.807, 2.05) is 0 Å². The zero-order chi connectivity index (χ0) is 13.7. The molecule has 0 aliphatic rings. The van der Waals surface area contributed by atoms with Crippen LogP contribution >= 0.6 is 0 Å². The molecule has 0 spiro atoms. The quantitative estimate of drug-likeness (QED) is 0.251. The summed E-state index contributed by atoms with van der Waals surface area (Å²) in [7, 11) is 0. The minimum absolute atomic E-state index is 0.152. The number of nitrogens with zero attached hydrogens (tertiary/aromatic N) is 1. The number of primary amides is 1. The normalized spacial score (nSPS) is 11.7. The number of carbonyl (C=O) groups excluding carboxylic acids is 1. The van der Waals surface area contributed by atoms with Gasteiger partial charge in [-0.2, -0.15) is 0 Å². The van der Waals surface area contributed by atoms with Crippen molar-refractivity contribution in [3.05, 3.63) is 28.3 Å². The third-order valence-corrected chi connectivity index (χ3v) is 2.12. The number of rotatable bonds is 6. The number of aliphatic hydroxyl groups is 1. The molecule has 1 unspecified atom stereocenters. The Labute approximate surface area is 102 Å². The SMILES string of the molecule is NNc1cc(NCC(O)C(N)=O)cc([N+](=O)[O-])c1. The lowest BCUT2D eigenvalue weighted by Crippen LogP contribution is -2.34. The Morgan fingerprint density at radius 1 is 1.44 bits per heavy atom. The van der Waals surface area contributed by atoms with E-state index in [2.05, 4.69) is 10.7 Å². The van der Waals surface area contributed by atoms with Gasteiger partial charge >= 0.3 is 0 Å². The number of nitro groups is 1. The third kappa shape index (κ3) is 3.57. The van der Waals surface area contributed by atoms with Crippen LogP contribution in [0.1, 0.15) is 0 Å². The molecule has 18 heavy (non-hydrogen) atoms. The van der Waals surface area contributed by atoms with Gasteiger partial charge in [-0.05, 0) is 6.07 Å². The topological polar surface area (TPSA) is 157 Å². The van der Waals surface area contributed by atoms with Gasteiger partial charge in [0.1, 0.15) is 6.10 Å². The molecule has 0 heterocycles.